The number of aliphatic hydroxyl groups is 3. The molecule has 13 atom stereocenters. The maximum atomic E-state index is 13.5. The van der Waals surface area contributed by atoms with Crippen LogP contribution in [0.15, 0.2) is 0 Å². The summed E-state index contributed by atoms with van der Waals surface area (Å²) in [6.07, 6.45) is 16.2. The Morgan fingerprint density at radius 2 is 0.723 bits per heavy atom. The third-order valence-corrected chi connectivity index (χ3v) is 25.0. The fourth-order valence-corrected chi connectivity index (χ4v) is 17.1. The van der Waals surface area contributed by atoms with E-state index in [1.165, 1.54) is 0 Å². The number of aliphatic hydroxyl groups excluding tert-OH is 3. The fourth-order valence-electron chi connectivity index (χ4n) is 17.1. The van der Waals surface area contributed by atoms with Crippen LogP contribution >= 0.6 is 0 Å². The van der Waals surface area contributed by atoms with Crippen molar-refractivity contribution in [3.63, 3.8) is 0 Å². The first-order valence-electron chi connectivity index (χ1n) is 53.4. The van der Waals surface area contributed by atoms with Gasteiger partial charge in [-0.15, -0.1) is 0 Å². The Bertz CT molecular complexity index is 2800. The highest BCUT2D eigenvalue weighted by Crippen LogP contribution is 2.35. The smallest absolute Gasteiger partial charge is 0.306 e. The number of carbonyl (C=O) groups is 5. The molecule has 0 saturated carbocycles. The number of fused-ring (bicyclic) bond motifs is 10. The Balaban J connectivity index is 1.18. The van der Waals surface area contributed by atoms with Gasteiger partial charge in [0.2, 0.25) is 11.8 Å². The minimum Gasteiger partial charge on any atom is -0.462 e. The molecule has 5 aliphatic rings. The topological polar surface area (TPSA) is 383 Å². The van der Waals surface area contributed by atoms with Crippen molar-refractivity contribution in [2.45, 2.75) is 357 Å². The fraction of sp³-hybridized carbons (Fsp3) is 0.951. The zero-order chi connectivity index (χ0) is 97.8. The number of esters is 3. The number of amides is 2. The SMILES string of the molecule is CCCCCCCCC1OC2CC(C(O)CCCCC)OC(C(O)CC(O)C(CC)OCCN3CCCC3=O)CC(OCCN3CCCC3=O)C3CCCCCCCC(=O)OCC(COC(=O)CCCCCCCC1OCCOCCOCCOCCOCCOCCOCCOCCOCCOCCOCCOCCOCCOCCOCCOCCOC)OC(=O)CCCCCCCC2O3. The second kappa shape index (κ2) is 87.7. The van der Waals surface area contributed by atoms with Crippen molar-refractivity contribution in [2.75, 3.05) is 271 Å². The molecule has 5 fully saturated rings. The van der Waals surface area contributed by atoms with E-state index in [9.17, 15) is 39.3 Å². The highest BCUT2D eigenvalue weighted by atomic mass is 16.6. The van der Waals surface area contributed by atoms with Crippen LogP contribution in [0.5, 0.6) is 0 Å². The van der Waals surface area contributed by atoms with E-state index in [0.717, 1.165) is 148 Å². The molecule has 0 aromatic heterocycles. The molecule has 35 nitrogen and oxygen atoms in total. The third-order valence-electron chi connectivity index (χ3n) is 25.0. The summed E-state index contributed by atoms with van der Waals surface area (Å²) in [7, 11) is 1.64. The number of cyclic esters (lactones) is 2. The molecule has 0 aromatic rings. The molecule has 3 bridgehead atoms. The first kappa shape index (κ1) is 124. The molecule has 5 saturated heterocycles. The molecule has 0 spiro atoms. The van der Waals surface area contributed by atoms with E-state index < -0.39 is 97.3 Å². The summed E-state index contributed by atoms with van der Waals surface area (Å²) < 4.78 is 151. The van der Waals surface area contributed by atoms with E-state index in [2.05, 4.69) is 13.8 Å². The molecular formula is C102H188N2O33. The summed E-state index contributed by atoms with van der Waals surface area (Å²) >= 11 is 0. The van der Waals surface area contributed by atoms with Gasteiger partial charge < -0.3 is 144 Å². The van der Waals surface area contributed by atoms with Crippen LogP contribution in [0, 0.1) is 0 Å². The van der Waals surface area contributed by atoms with E-state index in [4.69, 9.17) is 118 Å². The maximum absolute atomic E-state index is 13.5. The van der Waals surface area contributed by atoms with Crippen LogP contribution in [-0.2, 0) is 142 Å². The number of carbonyl (C=O) groups excluding carboxylic acids is 5. The van der Waals surface area contributed by atoms with Crippen molar-refractivity contribution in [2.24, 2.45) is 0 Å². The first-order chi connectivity index (χ1) is 67.3. The van der Waals surface area contributed by atoms with Gasteiger partial charge in [-0.2, -0.15) is 0 Å². The molecule has 0 aliphatic carbocycles. The number of rotatable bonds is 74. The van der Waals surface area contributed by atoms with Gasteiger partial charge in [0.15, 0.2) is 6.10 Å². The molecule has 2 amide bonds. The molecule has 0 aromatic carbocycles. The molecule has 804 valence electrons. The van der Waals surface area contributed by atoms with Crippen LogP contribution in [0.4, 0.5) is 0 Å². The van der Waals surface area contributed by atoms with Gasteiger partial charge in [-0.25, -0.2) is 0 Å². The Kier molecular flexibility index (Phi) is 79.3. The first-order valence-corrected chi connectivity index (χ1v) is 53.4. The zero-order valence-electron chi connectivity index (χ0n) is 85.1. The summed E-state index contributed by atoms with van der Waals surface area (Å²) in [6.45, 7) is 22.7. The van der Waals surface area contributed by atoms with Crippen LogP contribution in [0.1, 0.15) is 278 Å². The second-order valence-corrected chi connectivity index (χ2v) is 36.3. The van der Waals surface area contributed by atoms with Crippen molar-refractivity contribution in [3.8, 4) is 0 Å². The predicted octanol–water partition coefficient (Wildman–Crippen LogP) is 11.8. The van der Waals surface area contributed by atoms with Crippen molar-refractivity contribution >= 4 is 29.7 Å². The average molecular weight is 1970 g/mol. The number of methoxy groups -OCH3 is 1. The van der Waals surface area contributed by atoms with Gasteiger partial charge in [-0.1, -0.05) is 156 Å². The van der Waals surface area contributed by atoms with Gasteiger partial charge in [0.25, 0.3) is 0 Å². The lowest BCUT2D eigenvalue weighted by atomic mass is 9.90. The van der Waals surface area contributed by atoms with Gasteiger partial charge in [0.1, 0.15) is 13.2 Å². The lowest BCUT2D eigenvalue weighted by Gasteiger charge is -2.43. The van der Waals surface area contributed by atoms with E-state index >= 15 is 0 Å². The molecule has 137 heavy (non-hydrogen) atoms. The molecule has 0 radical (unpaired) electrons. The molecule has 5 aliphatic heterocycles. The number of hydrogen-bond acceptors (Lipinski definition) is 33. The Labute approximate surface area is 821 Å². The zero-order valence-corrected chi connectivity index (χ0v) is 85.1. The molecule has 5 rings (SSSR count). The van der Waals surface area contributed by atoms with Crippen molar-refractivity contribution in [1.29, 1.82) is 0 Å². The third kappa shape index (κ3) is 65.5. The number of ether oxygens (including phenoxy) is 25. The maximum Gasteiger partial charge on any atom is 0.306 e. The van der Waals surface area contributed by atoms with Crippen LogP contribution in [0.2, 0.25) is 0 Å². The highest BCUT2D eigenvalue weighted by molar-refractivity contribution is 5.78. The normalized spacial score (nSPS) is 23.0. The second-order valence-electron chi connectivity index (χ2n) is 36.3. The summed E-state index contributed by atoms with van der Waals surface area (Å²) in [5.74, 6) is -1.12. The largest absolute Gasteiger partial charge is 0.462 e. The molecule has 13 unspecified atom stereocenters. The van der Waals surface area contributed by atoms with Crippen molar-refractivity contribution < 1.29 is 158 Å². The Hall–Kier alpha value is -3.65. The van der Waals surface area contributed by atoms with Gasteiger partial charge in [-0.3, -0.25) is 24.0 Å². The summed E-state index contributed by atoms with van der Waals surface area (Å²) in [5.41, 5.74) is 0. The van der Waals surface area contributed by atoms with E-state index in [-0.39, 0.29) is 83.4 Å². The van der Waals surface area contributed by atoms with Crippen LogP contribution in [-0.4, -0.2) is 405 Å². The lowest BCUT2D eigenvalue weighted by Crippen LogP contribution is -2.52. The van der Waals surface area contributed by atoms with Crippen molar-refractivity contribution in [3.05, 3.63) is 0 Å². The molecule has 35 heteroatoms. The quantitative estimate of drug-likeness (QED) is 0.0289. The van der Waals surface area contributed by atoms with Gasteiger partial charge in [-0.05, 0) is 70.6 Å². The minimum atomic E-state index is -1.28. The highest BCUT2D eigenvalue weighted by Gasteiger charge is 2.43. The number of nitrogens with zero attached hydrogens (tertiary/aromatic N) is 2. The summed E-state index contributed by atoms with van der Waals surface area (Å²) in [5, 5.41) is 38.1. The summed E-state index contributed by atoms with van der Waals surface area (Å²) in [4.78, 5) is 69.7. The van der Waals surface area contributed by atoms with Gasteiger partial charge >= 0.3 is 17.9 Å². The number of hydrogen-bond donors (Lipinski definition) is 3. The van der Waals surface area contributed by atoms with E-state index in [1.54, 1.807) is 12.0 Å². The van der Waals surface area contributed by atoms with Crippen LogP contribution in [0.3, 0.4) is 0 Å². The Morgan fingerprint density at radius 3 is 1.16 bits per heavy atom. The monoisotopic (exact) mass is 1970 g/mol. The van der Waals surface area contributed by atoms with Crippen molar-refractivity contribution in [1.82, 2.24) is 9.80 Å². The molecular weight excluding hydrogens is 1780 g/mol. The Morgan fingerprint density at radius 1 is 0.343 bits per heavy atom. The minimum absolute atomic E-state index is 0.0750. The predicted molar refractivity (Wildman–Crippen MR) is 514 cm³/mol. The number of likely N-dealkylation sites (tertiary alicyclic amines) is 2. The molecule has 3 N–H and O–H groups in total. The van der Waals surface area contributed by atoms with Crippen LogP contribution < -0.4 is 0 Å². The average Bonchev–Trinajstić information content (AvgIpc) is 1.79. The standard InChI is InChI=1S/C102H188N2O33/c1-5-8-10-11-15-24-34-91-90(131-79-78-128-77-76-127-75-74-126-73-72-125-71-70-124-69-68-123-67-66-122-65-64-121-63-62-120-61-60-119-59-58-118-57-56-117-55-54-116-53-52-115-51-50-114-49-48-113-4)33-23-16-12-19-27-39-100(110)132-83-85-84-133-101(111)40-28-20-13-17-25-35-92-96(130-47-45-104-43-31-38-99(104)109)81-95(88(107)80-87(106)89(7-3)129-46-44-103-42-30-37-98(103)108)137-94(86(105)32-22-9-6-2)82-97(136-91)93(135-92)36-26-18-14-21-29-41-102(112)134-85/h85-97,105-107H,5-84H2,1-4H3. The van der Waals surface area contributed by atoms with Gasteiger partial charge in [0.05, 0.1) is 298 Å². The lowest BCUT2D eigenvalue weighted by molar-refractivity contribution is -0.220. The molecule has 5 heterocycles. The van der Waals surface area contributed by atoms with Gasteiger partial charge in [0, 0.05) is 84.7 Å². The van der Waals surface area contributed by atoms with Crippen LogP contribution in [0.25, 0.3) is 0 Å². The summed E-state index contributed by atoms with van der Waals surface area (Å²) in [6, 6.07) is 0. The van der Waals surface area contributed by atoms with E-state index in [0.29, 0.717) is 302 Å². The van der Waals surface area contributed by atoms with E-state index in [1.807, 2.05) is 11.8 Å². The number of unbranched alkanes of at least 4 members (excludes halogenated alkanes) is 7.